The Balaban J connectivity index is 1.45. The van der Waals surface area contributed by atoms with Gasteiger partial charge in [0.15, 0.2) is 0 Å². The van der Waals surface area contributed by atoms with E-state index in [1.54, 1.807) is 54.6 Å². The number of hydrogen-bond donors (Lipinski definition) is 4. The van der Waals surface area contributed by atoms with Crippen LogP contribution in [0.25, 0.3) is 6.08 Å². The van der Waals surface area contributed by atoms with Gasteiger partial charge in [-0.1, -0.05) is 48.0 Å². The van der Waals surface area contributed by atoms with Gasteiger partial charge in [0.2, 0.25) is 11.8 Å². The maximum atomic E-state index is 13.3. The maximum Gasteiger partial charge on any atom is 0.417 e. The highest BCUT2D eigenvalue weighted by Gasteiger charge is 2.33. The van der Waals surface area contributed by atoms with Crippen LogP contribution in [-0.4, -0.2) is 56.1 Å². The number of hydrogen-bond acceptors (Lipinski definition) is 6. The zero-order valence-electron chi connectivity index (χ0n) is 22.6. The van der Waals surface area contributed by atoms with Crippen LogP contribution in [0, 0.1) is 0 Å². The van der Waals surface area contributed by atoms with Crippen LogP contribution in [-0.2, 0) is 20.5 Å². The number of nitrogens with one attached hydrogen (secondary N) is 3. The molecule has 1 atom stereocenters. The van der Waals surface area contributed by atoms with E-state index in [1.165, 1.54) is 12.1 Å². The van der Waals surface area contributed by atoms with E-state index in [2.05, 4.69) is 20.9 Å². The fraction of sp³-hybridized carbons (Fsp3) is 0.267. The Hall–Kier alpha value is -3.90. The fourth-order valence-electron chi connectivity index (χ4n) is 4.35. The Kier molecular flexibility index (Phi) is 10.6. The molecule has 1 heterocycles. The van der Waals surface area contributed by atoms with Gasteiger partial charge in [-0.15, -0.1) is 0 Å². The molecular weight excluding hydrogens is 571 g/mol. The van der Waals surface area contributed by atoms with E-state index in [1.807, 2.05) is 0 Å². The number of alkyl halides is 3. The van der Waals surface area contributed by atoms with Gasteiger partial charge in [0.05, 0.1) is 35.2 Å². The third kappa shape index (κ3) is 8.80. The van der Waals surface area contributed by atoms with Crippen molar-refractivity contribution in [2.24, 2.45) is 0 Å². The first kappa shape index (κ1) is 31.0. The van der Waals surface area contributed by atoms with Gasteiger partial charge in [-0.05, 0) is 47.5 Å². The summed E-state index contributed by atoms with van der Waals surface area (Å²) in [6.45, 7) is 4.02. The van der Waals surface area contributed by atoms with Crippen molar-refractivity contribution in [1.82, 2.24) is 10.2 Å². The molecule has 0 aromatic heterocycles. The van der Waals surface area contributed by atoms with E-state index in [0.29, 0.717) is 43.2 Å². The first-order valence-corrected chi connectivity index (χ1v) is 13.6. The van der Waals surface area contributed by atoms with Crippen LogP contribution in [0.15, 0.2) is 72.8 Å². The molecule has 1 aliphatic heterocycles. The number of carbonyl (C=O) groups excluding carboxylic acids is 2. The second-order valence-corrected chi connectivity index (χ2v) is 10.0. The summed E-state index contributed by atoms with van der Waals surface area (Å²) in [4.78, 5) is 27.9. The quantitative estimate of drug-likeness (QED) is 0.188. The Bertz CT molecular complexity index is 1410. The van der Waals surface area contributed by atoms with Crippen LogP contribution >= 0.6 is 11.6 Å². The number of nitrogens with two attached hydrogens (primary N) is 1. The Morgan fingerprint density at radius 1 is 1.02 bits per heavy atom. The smallest absolute Gasteiger partial charge is 0.397 e. The first-order valence-electron chi connectivity index (χ1n) is 13.2. The lowest BCUT2D eigenvalue weighted by molar-refractivity contribution is -0.137. The molecule has 1 unspecified atom stereocenters. The minimum atomic E-state index is -4.60. The molecule has 0 aliphatic carbocycles. The number of halogens is 4. The van der Waals surface area contributed by atoms with Crippen LogP contribution < -0.4 is 21.7 Å². The highest BCUT2D eigenvalue weighted by Crippen LogP contribution is 2.36. The SMILES string of the molecule is Nc1ccccc1NC(=O)/C=C/c1ccc(C(NCCN2CCOCC2)C(=O)Nc2ccc(C(F)(F)F)c(Cl)c2)cc1. The Morgan fingerprint density at radius 2 is 1.74 bits per heavy atom. The molecule has 1 aliphatic rings. The molecule has 0 spiro atoms. The topological polar surface area (TPSA) is 109 Å². The van der Waals surface area contributed by atoms with Crippen LogP contribution in [0.5, 0.6) is 0 Å². The highest BCUT2D eigenvalue weighted by atomic mass is 35.5. The summed E-state index contributed by atoms with van der Waals surface area (Å²) in [5.74, 6) is -0.815. The van der Waals surface area contributed by atoms with Crippen molar-refractivity contribution in [3.8, 4) is 0 Å². The number of carbonyl (C=O) groups is 2. The van der Waals surface area contributed by atoms with Crippen molar-refractivity contribution in [2.45, 2.75) is 12.2 Å². The van der Waals surface area contributed by atoms with Crippen LogP contribution in [0.1, 0.15) is 22.7 Å². The highest BCUT2D eigenvalue weighted by molar-refractivity contribution is 6.31. The summed E-state index contributed by atoms with van der Waals surface area (Å²) in [7, 11) is 0. The summed E-state index contributed by atoms with van der Waals surface area (Å²) < 4.78 is 44.7. The molecule has 42 heavy (non-hydrogen) atoms. The van der Waals surface area contributed by atoms with E-state index >= 15 is 0 Å². The van der Waals surface area contributed by atoms with Crippen molar-refractivity contribution < 1.29 is 27.5 Å². The van der Waals surface area contributed by atoms with Crippen LogP contribution in [0.2, 0.25) is 5.02 Å². The van der Waals surface area contributed by atoms with E-state index in [0.717, 1.165) is 30.8 Å². The molecule has 2 amide bonds. The average Bonchev–Trinajstić information content (AvgIpc) is 2.96. The molecule has 1 fully saturated rings. The average molecular weight is 602 g/mol. The van der Waals surface area contributed by atoms with Crippen molar-refractivity contribution in [3.63, 3.8) is 0 Å². The van der Waals surface area contributed by atoms with Gasteiger partial charge >= 0.3 is 6.18 Å². The second-order valence-electron chi connectivity index (χ2n) is 9.60. The van der Waals surface area contributed by atoms with Crippen LogP contribution in [0.4, 0.5) is 30.2 Å². The van der Waals surface area contributed by atoms with Gasteiger partial charge in [-0.25, -0.2) is 0 Å². The molecule has 222 valence electrons. The van der Waals surface area contributed by atoms with E-state index in [9.17, 15) is 22.8 Å². The predicted octanol–water partition coefficient (Wildman–Crippen LogP) is 5.19. The number of morpholine rings is 1. The van der Waals surface area contributed by atoms with Gasteiger partial charge in [0.25, 0.3) is 0 Å². The van der Waals surface area contributed by atoms with Crippen molar-refractivity contribution in [1.29, 1.82) is 0 Å². The van der Waals surface area contributed by atoms with Crippen molar-refractivity contribution in [3.05, 3.63) is 94.5 Å². The lowest BCUT2D eigenvalue weighted by atomic mass is 10.0. The lowest BCUT2D eigenvalue weighted by Crippen LogP contribution is -2.42. The number of rotatable bonds is 10. The van der Waals surface area contributed by atoms with Gasteiger partial charge in [0.1, 0.15) is 6.04 Å². The number of para-hydroxylation sites is 2. The third-order valence-electron chi connectivity index (χ3n) is 6.60. The van der Waals surface area contributed by atoms with E-state index in [-0.39, 0.29) is 11.6 Å². The number of benzene rings is 3. The largest absolute Gasteiger partial charge is 0.417 e. The predicted molar refractivity (Wildman–Crippen MR) is 158 cm³/mol. The number of nitrogens with zero attached hydrogens (tertiary/aromatic N) is 1. The lowest BCUT2D eigenvalue weighted by Gasteiger charge is -2.27. The molecule has 1 saturated heterocycles. The summed E-state index contributed by atoms with van der Waals surface area (Å²) in [6, 6.07) is 16.2. The molecule has 12 heteroatoms. The van der Waals surface area contributed by atoms with Gasteiger partial charge in [0, 0.05) is 37.9 Å². The third-order valence-corrected chi connectivity index (χ3v) is 6.91. The van der Waals surface area contributed by atoms with Crippen molar-refractivity contribution >= 4 is 46.6 Å². The molecule has 5 N–H and O–H groups in total. The molecule has 8 nitrogen and oxygen atoms in total. The minimum Gasteiger partial charge on any atom is -0.397 e. The standard InChI is InChI=1S/C30H31ClF3N5O3/c31-24-19-22(10-11-23(24)30(32,33)34)37-29(41)28(36-13-14-39-15-17-42-18-16-39)21-8-5-20(6-9-21)7-12-27(40)38-26-4-2-1-3-25(26)35/h1-12,19,28,36H,13-18,35H2,(H,37,41)(H,38,40)/b12-7+. The fourth-order valence-corrected chi connectivity index (χ4v) is 4.64. The van der Waals surface area contributed by atoms with Crippen molar-refractivity contribution in [2.75, 3.05) is 55.8 Å². The monoisotopic (exact) mass is 601 g/mol. The number of amides is 2. The second kappa shape index (κ2) is 14.3. The Morgan fingerprint density at radius 3 is 2.40 bits per heavy atom. The first-order chi connectivity index (χ1) is 20.1. The molecule has 0 radical (unpaired) electrons. The summed E-state index contributed by atoms with van der Waals surface area (Å²) >= 11 is 5.84. The molecule has 4 rings (SSSR count). The van der Waals surface area contributed by atoms with Gasteiger partial charge < -0.3 is 26.4 Å². The zero-order valence-corrected chi connectivity index (χ0v) is 23.3. The number of nitrogen functional groups attached to an aromatic ring is 1. The molecular formula is C30H31ClF3N5O3. The normalized spacial score (nSPS) is 15.0. The zero-order chi connectivity index (χ0) is 30.1. The van der Waals surface area contributed by atoms with E-state index in [4.69, 9.17) is 22.1 Å². The minimum absolute atomic E-state index is 0.141. The molecule has 3 aromatic carbocycles. The Labute approximate surface area is 246 Å². The number of anilines is 3. The number of ether oxygens (including phenoxy) is 1. The van der Waals surface area contributed by atoms with Gasteiger partial charge in [-0.2, -0.15) is 13.2 Å². The summed E-state index contributed by atoms with van der Waals surface area (Å²) in [6.07, 6.45) is -1.60. The maximum absolute atomic E-state index is 13.3. The van der Waals surface area contributed by atoms with E-state index < -0.39 is 28.7 Å². The van der Waals surface area contributed by atoms with Gasteiger partial charge in [-0.3, -0.25) is 14.5 Å². The molecule has 0 bridgehead atoms. The molecule has 3 aromatic rings. The molecule has 0 saturated carbocycles. The summed E-state index contributed by atoms with van der Waals surface area (Å²) in [5, 5.41) is 8.13. The summed E-state index contributed by atoms with van der Waals surface area (Å²) in [5.41, 5.74) is 7.34. The van der Waals surface area contributed by atoms with Crippen LogP contribution in [0.3, 0.4) is 0 Å².